The highest BCUT2D eigenvalue weighted by molar-refractivity contribution is 5.87. The highest BCUT2D eigenvalue weighted by Crippen LogP contribution is 2.09. The minimum atomic E-state index is -0.613. The molecule has 0 saturated heterocycles. The topological polar surface area (TPSA) is 81.4 Å². The Morgan fingerprint density at radius 2 is 1.79 bits per heavy atom. The Bertz CT molecular complexity index is 285. The van der Waals surface area contributed by atoms with Crippen molar-refractivity contribution in [3.05, 3.63) is 0 Å². The van der Waals surface area contributed by atoms with E-state index in [0.29, 0.717) is 6.42 Å². The summed E-state index contributed by atoms with van der Waals surface area (Å²) in [6.07, 6.45) is 1.37. The van der Waals surface area contributed by atoms with Gasteiger partial charge >= 0.3 is 5.97 Å². The van der Waals surface area contributed by atoms with Crippen molar-refractivity contribution in [2.24, 2.45) is 17.6 Å². The minimum Gasteiger partial charge on any atom is -0.467 e. The second kappa shape index (κ2) is 10.0. The monoisotopic (exact) mass is 294 g/mol. The zero-order chi connectivity index (χ0) is 14.3. The number of nitrogens with one attached hydrogen (secondary N) is 1. The zero-order valence-corrected chi connectivity index (χ0v) is 13.3. The molecule has 114 valence electrons. The number of carbonyl (C=O) groups excluding carboxylic acids is 2. The molecular formula is C13H27ClN2O3. The maximum absolute atomic E-state index is 11.9. The predicted molar refractivity (Wildman–Crippen MR) is 78.1 cm³/mol. The fraction of sp³-hybridized carbons (Fsp3) is 0.846. The van der Waals surface area contributed by atoms with Crippen LogP contribution >= 0.6 is 12.4 Å². The number of halogens is 1. The van der Waals surface area contributed by atoms with Gasteiger partial charge in [0.1, 0.15) is 6.04 Å². The lowest BCUT2D eigenvalue weighted by atomic mass is 9.98. The van der Waals surface area contributed by atoms with E-state index in [-0.39, 0.29) is 30.2 Å². The highest BCUT2D eigenvalue weighted by Gasteiger charge is 2.26. The number of hydrogen-bond acceptors (Lipinski definition) is 4. The van der Waals surface area contributed by atoms with Gasteiger partial charge in [-0.15, -0.1) is 12.4 Å². The molecule has 0 fully saturated rings. The smallest absolute Gasteiger partial charge is 0.328 e. The second-order valence-electron chi connectivity index (χ2n) is 5.13. The molecule has 0 aromatic carbocycles. The quantitative estimate of drug-likeness (QED) is 0.697. The van der Waals surface area contributed by atoms with Crippen LogP contribution < -0.4 is 11.1 Å². The van der Waals surface area contributed by atoms with Gasteiger partial charge in [-0.25, -0.2) is 4.79 Å². The average Bonchev–Trinajstić information content (AvgIpc) is 2.34. The van der Waals surface area contributed by atoms with E-state index in [2.05, 4.69) is 10.1 Å². The van der Waals surface area contributed by atoms with Crippen LogP contribution in [0.4, 0.5) is 0 Å². The molecule has 1 amide bonds. The van der Waals surface area contributed by atoms with Gasteiger partial charge in [-0.1, -0.05) is 34.1 Å². The zero-order valence-electron chi connectivity index (χ0n) is 12.4. The number of hydrogen-bond donors (Lipinski definition) is 2. The molecule has 19 heavy (non-hydrogen) atoms. The van der Waals surface area contributed by atoms with Crippen molar-refractivity contribution < 1.29 is 14.3 Å². The van der Waals surface area contributed by atoms with E-state index in [1.165, 1.54) is 7.11 Å². The van der Waals surface area contributed by atoms with E-state index in [1.807, 2.05) is 27.7 Å². The molecule has 0 saturated carbocycles. The molecule has 0 aromatic heterocycles. The molecule has 0 unspecified atom stereocenters. The molecule has 0 heterocycles. The van der Waals surface area contributed by atoms with Gasteiger partial charge in [-0.05, 0) is 18.3 Å². The Morgan fingerprint density at radius 3 is 2.16 bits per heavy atom. The van der Waals surface area contributed by atoms with Gasteiger partial charge in [0.25, 0.3) is 0 Å². The molecule has 0 rings (SSSR count). The molecule has 0 bridgehead atoms. The number of carbonyl (C=O) groups is 2. The molecule has 3 atom stereocenters. The largest absolute Gasteiger partial charge is 0.467 e. The van der Waals surface area contributed by atoms with Crippen LogP contribution in [0.15, 0.2) is 0 Å². The van der Waals surface area contributed by atoms with Crippen molar-refractivity contribution in [1.82, 2.24) is 5.32 Å². The molecule has 0 aromatic rings. The highest BCUT2D eigenvalue weighted by atomic mass is 35.5. The average molecular weight is 295 g/mol. The van der Waals surface area contributed by atoms with Gasteiger partial charge in [-0.3, -0.25) is 4.79 Å². The van der Waals surface area contributed by atoms with Gasteiger partial charge in [-0.2, -0.15) is 0 Å². The number of rotatable bonds is 7. The van der Waals surface area contributed by atoms with E-state index in [0.717, 1.165) is 6.42 Å². The van der Waals surface area contributed by atoms with Crippen LogP contribution in [-0.2, 0) is 14.3 Å². The third-order valence-electron chi connectivity index (χ3n) is 3.07. The van der Waals surface area contributed by atoms with E-state index in [4.69, 9.17) is 5.73 Å². The van der Waals surface area contributed by atoms with Gasteiger partial charge in [0.2, 0.25) is 5.91 Å². The molecule has 0 radical (unpaired) electrons. The third-order valence-corrected chi connectivity index (χ3v) is 3.07. The normalized spacial score (nSPS) is 15.1. The van der Waals surface area contributed by atoms with E-state index >= 15 is 0 Å². The number of esters is 1. The Kier molecular flexibility index (Phi) is 10.8. The first-order chi connectivity index (χ1) is 8.33. The molecule has 0 spiro atoms. The SMILES string of the molecule is CC[C@H](C)[C@H](N)C(=O)N[C@@H](CC(C)C)C(=O)OC.Cl. The van der Waals surface area contributed by atoms with Crippen LogP contribution in [0, 0.1) is 11.8 Å². The first-order valence-corrected chi connectivity index (χ1v) is 6.47. The van der Waals surface area contributed by atoms with Crippen LogP contribution in [0.5, 0.6) is 0 Å². The molecule has 5 nitrogen and oxygen atoms in total. The summed E-state index contributed by atoms with van der Waals surface area (Å²) in [5, 5.41) is 2.68. The number of amides is 1. The summed E-state index contributed by atoms with van der Waals surface area (Å²) in [7, 11) is 1.32. The van der Waals surface area contributed by atoms with Gasteiger partial charge in [0, 0.05) is 0 Å². The molecule has 0 aliphatic rings. The molecular weight excluding hydrogens is 268 g/mol. The Morgan fingerprint density at radius 1 is 1.26 bits per heavy atom. The van der Waals surface area contributed by atoms with Gasteiger partial charge < -0.3 is 15.8 Å². The Labute approximate surface area is 122 Å². The lowest BCUT2D eigenvalue weighted by Crippen LogP contribution is -2.51. The van der Waals surface area contributed by atoms with Gasteiger partial charge in [0.15, 0.2) is 0 Å². The number of methoxy groups -OCH3 is 1. The maximum Gasteiger partial charge on any atom is 0.328 e. The van der Waals surface area contributed by atoms with Crippen molar-refractivity contribution >= 4 is 24.3 Å². The minimum absolute atomic E-state index is 0. The molecule has 0 aliphatic carbocycles. The van der Waals surface area contributed by atoms with Crippen molar-refractivity contribution in [3.8, 4) is 0 Å². The van der Waals surface area contributed by atoms with Crippen molar-refractivity contribution in [2.75, 3.05) is 7.11 Å². The lowest BCUT2D eigenvalue weighted by Gasteiger charge is -2.23. The summed E-state index contributed by atoms with van der Waals surface area (Å²) >= 11 is 0. The number of ether oxygens (including phenoxy) is 1. The van der Waals surface area contributed by atoms with E-state index in [9.17, 15) is 9.59 Å². The molecule has 0 aliphatic heterocycles. The van der Waals surface area contributed by atoms with Crippen LogP contribution in [0.25, 0.3) is 0 Å². The van der Waals surface area contributed by atoms with Crippen LogP contribution in [0.1, 0.15) is 40.5 Å². The van der Waals surface area contributed by atoms with E-state index < -0.39 is 18.1 Å². The fourth-order valence-electron chi connectivity index (χ4n) is 1.61. The van der Waals surface area contributed by atoms with Crippen molar-refractivity contribution in [1.29, 1.82) is 0 Å². The molecule has 3 N–H and O–H groups in total. The summed E-state index contributed by atoms with van der Waals surface area (Å²) in [5.41, 5.74) is 5.83. The van der Waals surface area contributed by atoms with Crippen LogP contribution in [-0.4, -0.2) is 31.1 Å². The summed E-state index contributed by atoms with van der Waals surface area (Å²) in [6, 6.07) is -1.20. The standard InChI is InChI=1S/C13H26N2O3.ClH/c1-6-9(4)11(14)12(16)15-10(7-8(2)3)13(17)18-5;/h8-11H,6-7,14H2,1-5H3,(H,15,16);1H/t9-,10-,11-;/m0./s1. The maximum atomic E-state index is 11.9. The number of nitrogens with two attached hydrogens (primary N) is 1. The first-order valence-electron chi connectivity index (χ1n) is 6.47. The first kappa shape index (κ1) is 20.5. The van der Waals surface area contributed by atoms with E-state index in [1.54, 1.807) is 0 Å². The van der Waals surface area contributed by atoms with Crippen LogP contribution in [0.3, 0.4) is 0 Å². The Hall–Kier alpha value is -0.810. The fourth-order valence-corrected chi connectivity index (χ4v) is 1.61. The second-order valence-corrected chi connectivity index (χ2v) is 5.13. The van der Waals surface area contributed by atoms with Crippen molar-refractivity contribution in [2.45, 2.75) is 52.6 Å². The van der Waals surface area contributed by atoms with Crippen LogP contribution in [0.2, 0.25) is 0 Å². The summed E-state index contributed by atoms with van der Waals surface area (Å²) in [6.45, 7) is 7.86. The summed E-state index contributed by atoms with van der Waals surface area (Å²) in [4.78, 5) is 23.5. The van der Waals surface area contributed by atoms with Crippen molar-refractivity contribution in [3.63, 3.8) is 0 Å². The predicted octanol–water partition coefficient (Wildman–Crippen LogP) is 1.49. The molecule has 6 heteroatoms. The van der Waals surface area contributed by atoms with Gasteiger partial charge in [0.05, 0.1) is 13.2 Å². The summed E-state index contributed by atoms with van der Waals surface area (Å²) in [5.74, 6) is -0.342. The lowest BCUT2D eigenvalue weighted by molar-refractivity contribution is -0.145. The third kappa shape index (κ3) is 7.38. The summed E-state index contributed by atoms with van der Waals surface area (Å²) < 4.78 is 4.69. The Balaban J connectivity index is 0.